The molecule has 0 aromatic carbocycles. The van der Waals surface area contributed by atoms with Gasteiger partial charge in [0.1, 0.15) is 0 Å². The summed E-state index contributed by atoms with van der Waals surface area (Å²) in [7, 11) is 0. The number of carbonyl (C=O) groups is 2. The molecule has 0 aliphatic heterocycles. The fraction of sp³-hybridized carbons (Fsp3) is 0.846. The number of ether oxygens (including phenoxy) is 2. The Morgan fingerprint density at radius 2 is 0.488 bits per heavy atom. The highest BCUT2D eigenvalue weighted by Gasteiger charge is 2.91. The first-order valence-electron chi connectivity index (χ1n) is 8.26. The Hall–Kier alpha value is -2.74. The van der Waals surface area contributed by atoms with E-state index in [1.807, 2.05) is 0 Å². The molecule has 0 spiro atoms. The van der Waals surface area contributed by atoms with Crippen molar-refractivity contribution in [2.45, 2.75) is 66.0 Å². The molecule has 0 saturated heterocycles. The summed E-state index contributed by atoms with van der Waals surface area (Å²) in [5.74, 6) is -37.5. The van der Waals surface area contributed by atoms with Crippen LogP contribution in [0.1, 0.15) is 0 Å². The molecule has 0 bridgehead atoms. The topological polar surface area (TPSA) is 52.6 Å². The normalized spacial score (nSPS) is 16.0. The number of hydrogen-bond donors (Lipinski definition) is 0. The predicted molar refractivity (Wildman–Crippen MR) is 68.8 cm³/mol. The smallest absolute Gasteiger partial charge is 0.393 e. The molecule has 0 saturated carbocycles. The highest BCUT2D eigenvalue weighted by atomic mass is 19.4. The summed E-state index contributed by atoms with van der Waals surface area (Å²) >= 11 is 0. The molecule has 0 atom stereocenters. The van der Waals surface area contributed by atoms with E-state index in [0.29, 0.717) is 0 Å². The van der Waals surface area contributed by atoms with E-state index in [9.17, 15) is 115 Å². The summed E-state index contributed by atoms with van der Waals surface area (Å²) in [4.78, 5) is 21.4. The molecule has 0 fully saturated rings. The number of rotatable bonds is 8. The lowest BCUT2D eigenvalue weighted by Gasteiger charge is -2.39. The minimum Gasteiger partial charge on any atom is -0.393 e. The van der Waals surface area contributed by atoms with Crippen molar-refractivity contribution >= 4 is 11.9 Å². The Bertz CT molecular complexity index is 889. The third kappa shape index (κ3) is 5.56. The zero-order valence-electron chi connectivity index (χ0n) is 17.2. The number of carbonyl (C=O) groups excluding carboxylic acids is 2. The zero-order valence-corrected chi connectivity index (χ0v) is 17.2. The lowest BCUT2D eigenvalue weighted by atomic mass is 10.0. The average Bonchev–Trinajstić information content (AvgIpc) is 2.67. The van der Waals surface area contributed by atoms with E-state index in [4.69, 9.17) is 0 Å². The van der Waals surface area contributed by atoms with Crippen molar-refractivity contribution < 1.29 is 124 Å². The first-order valence-corrected chi connectivity index (χ1v) is 8.26. The van der Waals surface area contributed by atoms with Crippen molar-refractivity contribution in [1.82, 2.24) is 0 Å². The lowest BCUT2D eigenvalue weighted by molar-refractivity contribution is -0.463. The molecule has 28 heteroatoms. The van der Waals surface area contributed by atoms with Crippen LogP contribution < -0.4 is 0 Å². The second-order valence-electron chi connectivity index (χ2n) is 6.84. The van der Waals surface area contributed by atoms with Crippen LogP contribution in [0.3, 0.4) is 0 Å². The number of esters is 2. The van der Waals surface area contributed by atoms with E-state index in [2.05, 4.69) is 0 Å². The van der Waals surface area contributed by atoms with Crippen LogP contribution >= 0.6 is 0 Å². The molecule has 0 heterocycles. The molecule has 0 rings (SSSR count). The maximum Gasteiger partial charge on any atom is 0.473 e. The van der Waals surface area contributed by atoms with E-state index in [0.717, 1.165) is 0 Å². The summed E-state index contributed by atoms with van der Waals surface area (Å²) in [5, 5.41) is 0. The van der Waals surface area contributed by atoms with E-state index < -0.39 is 78.0 Å². The number of halogens is 24. The summed E-state index contributed by atoms with van der Waals surface area (Å²) < 4.78 is 310. The Kier molecular flexibility index (Phi) is 9.00. The highest BCUT2D eigenvalue weighted by molar-refractivity contribution is 5.82. The maximum atomic E-state index is 13.5. The molecule has 0 aromatic heterocycles. The van der Waals surface area contributed by atoms with E-state index in [1.165, 1.54) is 9.47 Å². The lowest BCUT2D eigenvalue weighted by Crippen LogP contribution is -2.70. The van der Waals surface area contributed by atoms with Gasteiger partial charge in [-0.3, -0.25) is 0 Å². The van der Waals surface area contributed by atoms with Gasteiger partial charge < -0.3 is 9.47 Å². The minimum atomic E-state index is -8.99. The summed E-state index contributed by atoms with van der Waals surface area (Å²) in [6.07, 6.45) is -48.2. The second-order valence-corrected chi connectivity index (χ2v) is 6.84. The van der Waals surface area contributed by atoms with Gasteiger partial charge in [0.2, 0.25) is 0 Å². The van der Waals surface area contributed by atoms with Gasteiger partial charge in [0.05, 0.1) is 0 Å². The van der Waals surface area contributed by atoms with Crippen LogP contribution in [0.4, 0.5) is 105 Å². The molecule has 4 nitrogen and oxygen atoms in total. The largest absolute Gasteiger partial charge is 0.473 e. The van der Waals surface area contributed by atoms with Crippen molar-refractivity contribution in [3.05, 3.63) is 0 Å². The van der Waals surface area contributed by atoms with Crippen molar-refractivity contribution in [2.75, 3.05) is 0 Å². The third-order valence-electron chi connectivity index (χ3n) is 4.09. The molecule has 0 aromatic rings. The van der Waals surface area contributed by atoms with Gasteiger partial charge in [-0.05, 0) is 0 Å². The van der Waals surface area contributed by atoms with E-state index >= 15 is 0 Å². The average molecular weight is 676 g/mol. The van der Waals surface area contributed by atoms with E-state index in [-0.39, 0.29) is 0 Å². The molecule has 244 valence electrons. The van der Waals surface area contributed by atoms with Gasteiger partial charge in [-0.15, -0.1) is 0 Å². The first kappa shape index (κ1) is 38.3. The van der Waals surface area contributed by atoms with Crippen LogP contribution in [0, 0.1) is 0 Å². The van der Waals surface area contributed by atoms with Crippen molar-refractivity contribution in [1.29, 1.82) is 0 Å². The van der Waals surface area contributed by atoms with Crippen molar-refractivity contribution in [3.8, 4) is 0 Å². The van der Waals surface area contributed by atoms with Crippen LogP contribution in [0.5, 0.6) is 0 Å². The predicted octanol–water partition coefficient (Wildman–Crippen LogP) is 6.83. The van der Waals surface area contributed by atoms with Crippen molar-refractivity contribution in [2.24, 2.45) is 0 Å². The summed E-state index contributed by atoms with van der Waals surface area (Å²) in [6.45, 7) is 0. The van der Waals surface area contributed by atoms with Gasteiger partial charge in [-0.2, -0.15) is 96.6 Å². The molecule has 41 heavy (non-hydrogen) atoms. The van der Waals surface area contributed by atoms with Gasteiger partial charge in [0, 0.05) is 0 Å². The molecule has 0 aliphatic carbocycles. The molecule has 0 aliphatic rings. The summed E-state index contributed by atoms with van der Waals surface area (Å²) in [6, 6.07) is 0. The molecule has 0 radical (unpaired) electrons. The Morgan fingerprint density at radius 3 is 0.634 bits per heavy atom. The molecule has 0 N–H and O–H groups in total. The monoisotopic (exact) mass is 676 g/mol. The van der Waals surface area contributed by atoms with E-state index in [1.54, 1.807) is 0 Å². The first-order chi connectivity index (χ1) is 17.3. The molecule has 0 unspecified atom stereocenters. The zero-order chi connectivity index (χ0) is 34.1. The molecule has 0 amide bonds. The fourth-order valence-corrected chi connectivity index (χ4v) is 1.85. The number of hydrogen-bond acceptors (Lipinski definition) is 4. The van der Waals surface area contributed by atoms with Gasteiger partial charge >= 0.3 is 78.0 Å². The summed E-state index contributed by atoms with van der Waals surface area (Å²) in [5.41, 5.74) is -15.7. The second kappa shape index (κ2) is 9.65. The van der Waals surface area contributed by atoms with Crippen LogP contribution in [0.2, 0.25) is 0 Å². The van der Waals surface area contributed by atoms with Crippen LogP contribution in [0.15, 0.2) is 0 Å². The quantitative estimate of drug-likeness (QED) is 0.209. The molecular formula is C13F24O4. The van der Waals surface area contributed by atoms with Crippen LogP contribution in [-0.2, 0) is 19.1 Å². The fourth-order valence-electron chi connectivity index (χ4n) is 1.85. The maximum absolute atomic E-state index is 13.5. The number of alkyl halides is 24. The van der Waals surface area contributed by atoms with Gasteiger partial charge in [0.15, 0.2) is 0 Å². The van der Waals surface area contributed by atoms with Gasteiger partial charge in [-0.1, -0.05) is 0 Å². The third-order valence-corrected chi connectivity index (χ3v) is 4.09. The minimum absolute atomic E-state index is 1.28. The van der Waals surface area contributed by atoms with Crippen LogP contribution in [0.25, 0.3) is 0 Å². The van der Waals surface area contributed by atoms with Crippen LogP contribution in [-0.4, -0.2) is 78.0 Å². The highest BCUT2D eigenvalue weighted by Crippen LogP contribution is 2.59. The van der Waals surface area contributed by atoms with Gasteiger partial charge in [-0.25, -0.2) is 18.4 Å². The van der Waals surface area contributed by atoms with Crippen molar-refractivity contribution in [3.63, 3.8) is 0 Å². The SMILES string of the molecule is O=C(OC(F)(F)C(F)(F)C(F)(F)C(F)(F)C(F)(F)OC(=O)C(F)(C(F)(F)F)C(F)(F)F)C(F)(C(F)(F)F)C(F)(F)F. The Balaban J connectivity index is 6.78. The standard InChI is InChI=1S/C13F24O4/c14-3(8(22,23)24,9(25,26)27)1(38)40-12(34,35)6(18,19)5(16,17)7(20,21)13(36,37)41-2(39)4(15,10(28,29)30)11(31,32)33. The molecular weight excluding hydrogens is 676 g/mol. The Labute approximate surface area is 204 Å². The Morgan fingerprint density at radius 1 is 0.317 bits per heavy atom. The van der Waals surface area contributed by atoms with Gasteiger partial charge in [0.25, 0.3) is 0 Å².